The number of methoxy groups -OCH3 is 1. The van der Waals surface area contributed by atoms with Gasteiger partial charge in [0.25, 0.3) is 0 Å². The van der Waals surface area contributed by atoms with Crippen molar-refractivity contribution in [2.24, 2.45) is 0 Å². The Kier molecular flexibility index (Phi) is 5.55. The number of likely N-dealkylation sites (tertiary alicyclic amines) is 1. The van der Waals surface area contributed by atoms with Crippen LogP contribution in [0.2, 0.25) is 0 Å². The summed E-state index contributed by atoms with van der Waals surface area (Å²) in [7, 11) is 1.31. The third kappa shape index (κ3) is 4.36. The lowest BCUT2D eigenvalue weighted by Gasteiger charge is -2.24. The summed E-state index contributed by atoms with van der Waals surface area (Å²) < 4.78 is 11.9. The Balaban J connectivity index is 1.93. The number of hydrogen-bond acceptors (Lipinski definition) is 6. The standard InChI is InChI=1S/C21H28N4O4/c1-13-6-8-15(9-7-13)25-18(22)16(17(23-25)19(26)28-5)14-10-11-24(12-14)20(27)29-21(2,3)4/h6-9,14H,10-12,22H2,1-5H3. The molecule has 0 bridgehead atoms. The Morgan fingerprint density at radius 3 is 2.45 bits per heavy atom. The number of carbonyl (C=O) groups is 2. The molecule has 29 heavy (non-hydrogen) atoms. The molecule has 0 radical (unpaired) electrons. The zero-order valence-electron chi connectivity index (χ0n) is 17.6. The fraction of sp³-hybridized carbons (Fsp3) is 0.476. The zero-order chi connectivity index (χ0) is 21.3. The van der Waals surface area contributed by atoms with Gasteiger partial charge in [-0.1, -0.05) is 17.7 Å². The van der Waals surface area contributed by atoms with Crippen molar-refractivity contribution in [2.45, 2.75) is 45.6 Å². The van der Waals surface area contributed by atoms with Gasteiger partial charge in [0.05, 0.1) is 12.8 Å². The van der Waals surface area contributed by atoms with Crippen LogP contribution < -0.4 is 5.73 Å². The average molecular weight is 400 g/mol. The first-order chi connectivity index (χ1) is 13.6. The molecule has 1 atom stereocenters. The predicted octanol–water partition coefficient (Wildman–Crippen LogP) is 3.27. The summed E-state index contributed by atoms with van der Waals surface area (Å²) in [4.78, 5) is 26.4. The molecule has 1 unspecified atom stereocenters. The fourth-order valence-electron chi connectivity index (χ4n) is 3.46. The predicted molar refractivity (Wildman–Crippen MR) is 109 cm³/mol. The Labute approximate surface area is 170 Å². The normalized spacial score (nSPS) is 16.7. The molecule has 0 spiro atoms. The van der Waals surface area contributed by atoms with Crippen LogP contribution >= 0.6 is 0 Å². The number of benzene rings is 1. The van der Waals surface area contributed by atoms with Gasteiger partial charge in [-0.25, -0.2) is 14.3 Å². The highest BCUT2D eigenvalue weighted by atomic mass is 16.6. The van der Waals surface area contributed by atoms with Gasteiger partial charge >= 0.3 is 12.1 Å². The van der Waals surface area contributed by atoms with E-state index in [4.69, 9.17) is 15.2 Å². The van der Waals surface area contributed by atoms with Crippen LogP contribution in [0.1, 0.15) is 54.7 Å². The molecule has 8 heteroatoms. The van der Waals surface area contributed by atoms with Gasteiger partial charge in [0.2, 0.25) is 0 Å². The summed E-state index contributed by atoms with van der Waals surface area (Å²) in [5.41, 5.74) is 8.52. The van der Waals surface area contributed by atoms with Gasteiger partial charge < -0.3 is 20.1 Å². The summed E-state index contributed by atoms with van der Waals surface area (Å²) in [6, 6.07) is 7.69. The summed E-state index contributed by atoms with van der Waals surface area (Å²) in [5.74, 6) is -0.297. The Hall–Kier alpha value is -3.03. The van der Waals surface area contributed by atoms with Crippen molar-refractivity contribution >= 4 is 17.9 Å². The lowest BCUT2D eigenvalue weighted by Crippen LogP contribution is -2.35. The number of hydrogen-bond donors (Lipinski definition) is 1. The number of ether oxygens (including phenoxy) is 2. The van der Waals surface area contributed by atoms with Crippen molar-refractivity contribution in [3.63, 3.8) is 0 Å². The van der Waals surface area contributed by atoms with Gasteiger partial charge in [-0.15, -0.1) is 0 Å². The molecule has 0 saturated carbocycles. The Morgan fingerprint density at radius 1 is 1.21 bits per heavy atom. The van der Waals surface area contributed by atoms with E-state index in [1.54, 1.807) is 9.58 Å². The van der Waals surface area contributed by atoms with Crippen LogP contribution in [0, 0.1) is 6.92 Å². The van der Waals surface area contributed by atoms with E-state index in [-0.39, 0.29) is 17.7 Å². The Morgan fingerprint density at radius 2 is 1.86 bits per heavy atom. The number of aryl methyl sites for hydroxylation is 1. The molecule has 1 aromatic carbocycles. The van der Waals surface area contributed by atoms with Crippen molar-refractivity contribution in [2.75, 3.05) is 25.9 Å². The van der Waals surface area contributed by atoms with Crippen molar-refractivity contribution in [3.8, 4) is 5.69 Å². The molecular formula is C21H28N4O4. The second-order valence-electron chi connectivity index (χ2n) is 8.30. The van der Waals surface area contributed by atoms with E-state index in [0.29, 0.717) is 30.9 Å². The van der Waals surface area contributed by atoms with E-state index in [1.807, 2.05) is 52.0 Å². The molecule has 156 valence electrons. The number of nitrogen functional groups attached to an aromatic ring is 1. The van der Waals surface area contributed by atoms with Gasteiger partial charge in [-0.3, -0.25) is 0 Å². The molecule has 1 fully saturated rings. The van der Waals surface area contributed by atoms with E-state index < -0.39 is 11.6 Å². The highest BCUT2D eigenvalue weighted by molar-refractivity contribution is 5.91. The Bertz CT molecular complexity index is 912. The highest BCUT2D eigenvalue weighted by Gasteiger charge is 2.36. The molecule has 3 rings (SSSR count). The number of rotatable bonds is 3. The van der Waals surface area contributed by atoms with Gasteiger partial charge in [-0.05, 0) is 46.2 Å². The third-order valence-corrected chi connectivity index (χ3v) is 4.86. The van der Waals surface area contributed by atoms with Crippen molar-refractivity contribution in [3.05, 3.63) is 41.1 Å². The number of carbonyl (C=O) groups excluding carboxylic acids is 2. The second-order valence-corrected chi connectivity index (χ2v) is 8.30. The van der Waals surface area contributed by atoms with Crippen LogP contribution in [0.25, 0.3) is 5.69 Å². The quantitative estimate of drug-likeness (QED) is 0.794. The van der Waals surface area contributed by atoms with E-state index >= 15 is 0 Å². The second kappa shape index (κ2) is 7.77. The molecule has 2 N–H and O–H groups in total. The molecular weight excluding hydrogens is 372 g/mol. The minimum absolute atomic E-state index is 0.129. The first kappa shape index (κ1) is 20.7. The average Bonchev–Trinajstić information content (AvgIpc) is 3.25. The SMILES string of the molecule is COC(=O)c1nn(-c2ccc(C)cc2)c(N)c1C1CCN(C(=O)OC(C)(C)C)C1. The molecule has 0 aliphatic carbocycles. The number of nitrogens with two attached hydrogens (primary N) is 1. The summed E-state index contributed by atoms with van der Waals surface area (Å²) in [5, 5.41) is 4.44. The van der Waals surface area contributed by atoms with E-state index in [0.717, 1.165) is 11.3 Å². The first-order valence-corrected chi connectivity index (χ1v) is 9.62. The van der Waals surface area contributed by atoms with Crippen LogP contribution in [-0.4, -0.2) is 52.5 Å². The monoisotopic (exact) mass is 400 g/mol. The molecule has 8 nitrogen and oxygen atoms in total. The van der Waals surface area contributed by atoms with E-state index in [2.05, 4.69) is 5.10 Å². The van der Waals surface area contributed by atoms with Crippen LogP contribution in [0.3, 0.4) is 0 Å². The summed E-state index contributed by atoms with van der Waals surface area (Å²) in [6.45, 7) is 8.41. The van der Waals surface area contributed by atoms with Gasteiger partial charge in [-0.2, -0.15) is 5.10 Å². The topological polar surface area (TPSA) is 99.7 Å². The van der Waals surface area contributed by atoms with Crippen LogP contribution in [-0.2, 0) is 9.47 Å². The molecule has 2 aromatic rings. The lowest BCUT2D eigenvalue weighted by molar-refractivity contribution is 0.0292. The largest absolute Gasteiger partial charge is 0.464 e. The summed E-state index contributed by atoms with van der Waals surface area (Å²) >= 11 is 0. The highest BCUT2D eigenvalue weighted by Crippen LogP contribution is 2.35. The third-order valence-electron chi connectivity index (χ3n) is 4.86. The smallest absolute Gasteiger partial charge is 0.410 e. The van der Waals surface area contributed by atoms with Crippen molar-refractivity contribution < 1.29 is 19.1 Å². The molecule has 2 heterocycles. The number of aromatic nitrogens is 2. The van der Waals surface area contributed by atoms with E-state index in [9.17, 15) is 9.59 Å². The molecule has 1 saturated heterocycles. The zero-order valence-corrected chi connectivity index (χ0v) is 17.6. The number of esters is 1. The minimum atomic E-state index is -0.568. The van der Waals surface area contributed by atoms with Crippen LogP contribution in [0.15, 0.2) is 24.3 Å². The first-order valence-electron chi connectivity index (χ1n) is 9.62. The maximum Gasteiger partial charge on any atom is 0.410 e. The van der Waals surface area contributed by atoms with E-state index in [1.165, 1.54) is 7.11 Å². The number of amides is 1. The van der Waals surface area contributed by atoms with Gasteiger partial charge in [0, 0.05) is 24.6 Å². The molecule has 1 aliphatic heterocycles. The maximum absolute atomic E-state index is 12.4. The fourth-order valence-corrected chi connectivity index (χ4v) is 3.46. The van der Waals surface area contributed by atoms with Crippen molar-refractivity contribution in [1.29, 1.82) is 0 Å². The minimum Gasteiger partial charge on any atom is -0.464 e. The molecule has 1 aliphatic rings. The van der Waals surface area contributed by atoms with Gasteiger partial charge in [0.1, 0.15) is 11.4 Å². The van der Waals surface area contributed by atoms with Crippen LogP contribution in [0.5, 0.6) is 0 Å². The summed E-state index contributed by atoms with van der Waals surface area (Å²) in [6.07, 6.45) is 0.289. The lowest BCUT2D eigenvalue weighted by atomic mass is 9.97. The molecule has 1 aromatic heterocycles. The van der Waals surface area contributed by atoms with Crippen LogP contribution in [0.4, 0.5) is 10.6 Å². The van der Waals surface area contributed by atoms with Crippen molar-refractivity contribution in [1.82, 2.24) is 14.7 Å². The number of nitrogens with zero attached hydrogens (tertiary/aromatic N) is 3. The molecule has 1 amide bonds. The van der Waals surface area contributed by atoms with Gasteiger partial charge in [0.15, 0.2) is 5.69 Å². The number of anilines is 1. The maximum atomic E-state index is 12.4.